The van der Waals surface area contributed by atoms with Gasteiger partial charge in [0, 0.05) is 17.0 Å². The number of hydrogen-bond donors (Lipinski definition) is 0. The maximum Gasteiger partial charge on any atom is 0.573 e. The Morgan fingerprint density at radius 1 is 1.04 bits per heavy atom. The van der Waals surface area contributed by atoms with Gasteiger partial charge in [0.25, 0.3) is 5.91 Å². The first kappa shape index (κ1) is 18.1. The molecule has 1 saturated heterocycles. The van der Waals surface area contributed by atoms with Crippen molar-refractivity contribution in [2.75, 3.05) is 13.1 Å². The summed E-state index contributed by atoms with van der Waals surface area (Å²) in [5.74, 6) is -0.331. The highest BCUT2D eigenvalue weighted by atomic mass is 19.4. The normalized spacial score (nSPS) is 14.6. The Balaban J connectivity index is 1.36. The first-order valence-corrected chi connectivity index (χ1v) is 8.55. The van der Waals surface area contributed by atoms with E-state index in [2.05, 4.69) is 9.72 Å². The number of benzene rings is 2. The van der Waals surface area contributed by atoms with Crippen LogP contribution in [0, 0.1) is 0 Å². The minimum atomic E-state index is -4.80. The van der Waals surface area contributed by atoms with Crippen LogP contribution in [0.4, 0.5) is 13.2 Å². The highest BCUT2D eigenvalue weighted by Crippen LogP contribution is 2.25. The molecule has 0 aliphatic carbocycles. The Kier molecular flexibility index (Phi) is 4.54. The smallest absolute Gasteiger partial charge is 0.471 e. The van der Waals surface area contributed by atoms with E-state index in [-0.39, 0.29) is 17.6 Å². The summed E-state index contributed by atoms with van der Waals surface area (Å²) in [5, 5.41) is 1.00. The van der Waals surface area contributed by atoms with Crippen LogP contribution < -0.4 is 9.47 Å². The molecule has 8 heteroatoms. The number of carbonyl (C=O) groups is 1. The molecule has 144 valence electrons. The second-order valence-corrected chi connectivity index (χ2v) is 6.37. The number of likely N-dealkylation sites (tertiary alicyclic amines) is 1. The van der Waals surface area contributed by atoms with Gasteiger partial charge in [0.05, 0.1) is 18.6 Å². The number of carbonyl (C=O) groups excluding carboxylic acids is 1. The Hall–Kier alpha value is -3.29. The predicted octanol–water partition coefficient (Wildman–Crippen LogP) is 4.04. The molecular formula is C20H15F3N2O3. The quantitative estimate of drug-likeness (QED) is 0.677. The third-order valence-corrected chi connectivity index (χ3v) is 4.31. The van der Waals surface area contributed by atoms with Gasteiger partial charge in [-0.1, -0.05) is 24.3 Å². The fourth-order valence-electron chi connectivity index (χ4n) is 2.97. The van der Waals surface area contributed by atoms with E-state index in [1.54, 1.807) is 6.07 Å². The summed E-state index contributed by atoms with van der Waals surface area (Å²) < 4.78 is 46.6. The van der Waals surface area contributed by atoms with E-state index in [0.717, 1.165) is 23.0 Å². The third-order valence-electron chi connectivity index (χ3n) is 4.31. The number of ether oxygens (including phenoxy) is 2. The van der Waals surface area contributed by atoms with E-state index in [9.17, 15) is 18.0 Å². The van der Waals surface area contributed by atoms with Crippen molar-refractivity contribution >= 4 is 16.8 Å². The lowest BCUT2D eigenvalue weighted by Gasteiger charge is -2.38. The molecule has 1 fully saturated rings. The van der Waals surface area contributed by atoms with Crippen molar-refractivity contribution in [3.8, 4) is 11.6 Å². The van der Waals surface area contributed by atoms with Crippen LogP contribution >= 0.6 is 0 Å². The number of rotatable bonds is 4. The maximum atomic E-state index is 12.4. The molecule has 0 bridgehead atoms. The molecule has 0 radical (unpaired) electrons. The van der Waals surface area contributed by atoms with Crippen LogP contribution in [0.2, 0.25) is 0 Å². The van der Waals surface area contributed by atoms with Crippen molar-refractivity contribution in [1.82, 2.24) is 9.88 Å². The Morgan fingerprint density at radius 3 is 2.61 bits per heavy atom. The third kappa shape index (κ3) is 4.00. The van der Waals surface area contributed by atoms with Gasteiger partial charge in [0.15, 0.2) is 0 Å². The number of fused-ring (bicyclic) bond motifs is 1. The number of para-hydroxylation sites is 1. The van der Waals surface area contributed by atoms with Gasteiger partial charge in [-0.2, -0.15) is 0 Å². The van der Waals surface area contributed by atoms with Crippen molar-refractivity contribution in [1.29, 1.82) is 0 Å². The monoisotopic (exact) mass is 388 g/mol. The van der Waals surface area contributed by atoms with Crippen molar-refractivity contribution in [2.45, 2.75) is 12.5 Å². The van der Waals surface area contributed by atoms with Crippen LogP contribution in [0.3, 0.4) is 0 Å². The minimum absolute atomic E-state index is 0.129. The van der Waals surface area contributed by atoms with Crippen molar-refractivity contribution < 1.29 is 27.4 Å². The van der Waals surface area contributed by atoms with E-state index in [1.165, 1.54) is 17.0 Å². The van der Waals surface area contributed by atoms with Gasteiger partial charge in [0.1, 0.15) is 11.9 Å². The van der Waals surface area contributed by atoms with Gasteiger partial charge in [-0.25, -0.2) is 4.98 Å². The van der Waals surface area contributed by atoms with E-state index >= 15 is 0 Å². The number of pyridine rings is 1. The predicted molar refractivity (Wildman–Crippen MR) is 95.2 cm³/mol. The van der Waals surface area contributed by atoms with Crippen LogP contribution in [0.15, 0.2) is 60.7 Å². The molecule has 2 heterocycles. The van der Waals surface area contributed by atoms with Crippen molar-refractivity contribution in [3.05, 3.63) is 66.2 Å². The summed E-state index contributed by atoms with van der Waals surface area (Å²) in [5.41, 5.74) is 0.942. The molecule has 4 rings (SSSR count). The van der Waals surface area contributed by atoms with Crippen LogP contribution in [0.1, 0.15) is 10.4 Å². The number of hydrogen-bond acceptors (Lipinski definition) is 4. The summed E-state index contributed by atoms with van der Waals surface area (Å²) in [6.07, 6.45) is -5.02. The Morgan fingerprint density at radius 2 is 1.82 bits per heavy atom. The second kappa shape index (κ2) is 7.03. The summed E-state index contributed by atoms with van der Waals surface area (Å²) in [7, 11) is 0. The molecule has 0 spiro atoms. The highest BCUT2D eigenvalue weighted by molar-refractivity contribution is 5.95. The summed E-state index contributed by atoms with van der Waals surface area (Å²) in [6.45, 7) is 0.662. The summed E-state index contributed by atoms with van der Waals surface area (Å²) in [4.78, 5) is 18.4. The Labute approximate surface area is 158 Å². The number of amides is 1. The lowest BCUT2D eigenvalue weighted by Crippen LogP contribution is -2.56. The SMILES string of the molecule is O=C(c1cccc(OC(F)(F)F)c1)N1CC(Oc2ccc3ccccc3n2)C1. The lowest BCUT2D eigenvalue weighted by molar-refractivity contribution is -0.274. The van der Waals surface area contributed by atoms with Crippen molar-refractivity contribution in [2.24, 2.45) is 0 Å². The molecule has 1 aliphatic rings. The first-order chi connectivity index (χ1) is 13.4. The fraction of sp³-hybridized carbons (Fsp3) is 0.200. The molecular weight excluding hydrogens is 373 g/mol. The van der Waals surface area contributed by atoms with E-state index < -0.39 is 12.1 Å². The zero-order valence-corrected chi connectivity index (χ0v) is 14.5. The summed E-state index contributed by atoms with van der Waals surface area (Å²) in [6, 6.07) is 16.4. The molecule has 1 aromatic heterocycles. The molecule has 28 heavy (non-hydrogen) atoms. The van der Waals surface area contributed by atoms with Crippen LogP contribution in [-0.4, -0.2) is 41.3 Å². The molecule has 1 amide bonds. The molecule has 0 saturated carbocycles. The van der Waals surface area contributed by atoms with E-state index in [4.69, 9.17) is 4.74 Å². The summed E-state index contributed by atoms with van der Waals surface area (Å²) >= 11 is 0. The number of halogens is 3. The van der Waals surface area contributed by atoms with E-state index in [1.807, 2.05) is 30.3 Å². The molecule has 1 aliphatic heterocycles. The molecule has 5 nitrogen and oxygen atoms in total. The number of alkyl halides is 3. The maximum absolute atomic E-state index is 12.4. The topological polar surface area (TPSA) is 51.7 Å². The van der Waals surface area contributed by atoms with Gasteiger partial charge in [0.2, 0.25) is 5.88 Å². The average Bonchev–Trinajstić information content (AvgIpc) is 2.62. The van der Waals surface area contributed by atoms with Crippen LogP contribution in [0.25, 0.3) is 10.9 Å². The fourth-order valence-corrected chi connectivity index (χ4v) is 2.97. The second-order valence-electron chi connectivity index (χ2n) is 6.37. The molecule has 2 aromatic carbocycles. The molecule has 0 N–H and O–H groups in total. The minimum Gasteiger partial charge on any atom is -0.471 e. The van der Waals surface area contributed by atoms with Gasteiger partial charge >= 0.3 is 6.36 Å². The van der Waals surface area contributed by atoms with Gasteiger partial charge in [-0.05, 0) is 30.3 Å². The molecule has 0 atom stereocenters. The molecule has 0 unspecified atom stereocenters. The van der Waals surface area contributed by atoms with Crippen molar-refractivity contribution in [3.63, 3.8) is 0 Å². The average molecular weight is 388 g/mol. The first-order valence-electron chi connectivity index (χ1n) is 8.55. The van der Waals surface area contributed by atoms with Crippen LogP contribution in [-0.2, 0) is 0 Å². The van der Waals surface area contributed by atoms with E-state index in [0.29, 0.717) is 19.0 Å². The standard InChI is InChI=1S/C20H15F3N2O3/c21-20(22,23)28-15-6-3-5-14(10-15)19(26)25-11-16(12-25)27-18-9-8-13-4-1-2-7-17(13)24-18/h1-10,16H,11-12H2. The van der Waals surface area contributed by atoms with Crippen LogP contribution in [0.5, 0.6) is 11.6 Å². The van der Waals surface area contributed by atoms with Gasteiger partial charge in [-0.3, -0.25) is 4.79 Å². The van der Waals surface area contributed by atoms with Gasteiger partial charge in [-0.15, -0.1) is 13.2 Å². The Bertz CT molecular complexity index is 1020. The zero-order valence-electron chi connectivity index (χ0n) is 14.5. The van der Waals surface area contributed by atoms with Gasteiger partial charge < -0.3 is 14.4 Å². The largest absolute Gasteiger partial charge is 0.573 e. The molecule has 3 aromatic rings. The lowest BCUT2D eigenvalue weighted by atomic mass is 10.1. The zero-order chi connectivity index (χ0) is 19.7. The number of aromatic nitrogens is 1. The number of nitrogens with zero attached hydrogens (tertiary/aromatic N) is 2. The highest BCUT2D eigenvalue weighted by Gasteiger charge is 2.34.